The van der Waals surface area contributed by atoms with E-state index in [2.05, 4.69) is 9.93 Å². The first kappa shape index (κ1) is 12.9. The molecular formula is C8H17N5O2S. The van der Waals surface area contributed by atoms with Crippen molar-refractivity contribution >= 4 is 15.8 Å². The second kappa shape index (κ2) is 4.81. The summed E-state index contributed by atoms with van der Waals surface area (Å²) in [6.07, 6.45) is 2.30. The number of hydrazine groups is 1. The number of nitrogens with zero attached hydrogens (tertiary/aromatic N) is 3. The van der Waals surface area contributed by atoms with Gasteiger partial charge in [0.05, 0.1) is 0 Å². The van der Waals surface area contributed by atoms with Crippen molar-refractivity contribution in [2.75, 3.05) is 19.8 Å². The van der Waals surface area contributed by atoms with Crippen molar-refractivity contribution in [2.24, 2.45) is 0 Å². The highest BCUT2D eigenvalue weighted by atomic mass is 32.2. The van der Waals surface area contributed by atoms with E-state index in [9.17, 15) is 8.42 Å². The minimum Gasteiger partial charge on any atom is -0.381 e. The first-order valence-electron chi connectivity index (χ1n) is 4.89. The Morgan fingerprint density at radius 3 is 2.69 bits per heavy atom. The van der Waals surface area contributed by atoms with Gasteiger partial charge in [0.2, 0.25) is 0 Å². The first-order valence-corrected chi connectivity index (χ1v) is 6.38. The molecule has 1 aromatic heterocycles. The molecule has 92 valence electrons. The number of hydrogen-bond acceptors (Lipinski definition) is 5. The highest BCUT2D eigenvalue weighted by molar-refractivity contribution is 7.89. The number of nitrogens with two attached hydrogens (primary N) is 1. The van der Waals surface area contributed by atoms with Gasteiger partial charge in [-0.3, -0.25) is 4.68 Å². The molecule has 0 atom stereocenters. The maximum absolute atomic E-state index is 11.8. The number of rotatable bonds is 5. The lowest BCUT2D eigenvalue weighted by Gasteiger charge is -2.11. The van der Waals surface area contributed by atoms with E-state index in [1.54, 1.807) is 14.1 Å². The van der Waals surface area contributed by atoms with Crippen molar-refractivity contribution in [3.63, 3.8) is 0 Å². The lowest BCUT2D eigenvalue weighted by atomic mass is 10.5. The van der Waals surface area contributed by atoms with Crippen LogP contribution in [0.2, 0.25) is 0 Å². The molecule has 0 aliphatic rings. The van der Waals surface area contributed by atoms with Crippen molar-refractivity contribution in [1.82, 2.24) is 19.6 Å². The summed E-state index contributed by atoms with van der Waals surface area (Å²) in [4.78, 5) is 2.31. The average Bonchev–Trinajstić information content (AvgIpc) is 2.45. The quantitative estimate of drug-likeness (QED) is 0.692. The van der Waals surface area contributed by atoms with Gasteiger partial charge in [0.1, 0.15) is 4.90 Å². The Morgan fingerprint density at radius 1 is 1.56 bits per heavy atom. The van der Waals surface area contributed by atoms with Crippen LogP contribution < -0.4 is 10.6 Å². The molecule has 0 bridgehead atoms. The van der Waals surface area contributed by atoms with E-state index in [1.165, 1.54) is 15.9 Å². The third-order valence-corrected chi connectivity index (χ3v) is 3.30. The number of aryl methyl sites for hydroxylation is 1. The van der Waals surface area contributed by atoms with Gasteiger partial charge in [0.15, 0.2) is 5.82 Å². The van der Waals surface area contributed by atoms with Crippen LogP contribution in [0.15, 0.2) is 11.1 Å². The summed E-state index contributed by atoms with van der Waals surface area (Å²) in [6.45, 7) is 2.62. The Bertz CT molecular complexity index is 451. The van der Waals surface area contributed by atoms with E-state index in [1.807, 2.05) is 6.92 Å². The van der Waals surface area contributed by atoms with Crippen LogP contribution in [-0.2, 0) is 16.6 Å². The topological polar surface area (TPSA) is 93.2 Å². The lowest BCUT2D eigenvalue weighted by molar-refractivity contribution is 0.364. The highest BCUT2D eigenvalue weighted by Crippen LogP contribution is 2.16. The van der Waals surface area contributed by atoms with Gasteiger partial charge < -0.3 is 5.73 Å². The van der Waals surface area contributed by atoms with Crippen molar-refractivity contribution in [3.8, 4) is 0 Å². The number of sulfonamides is 1. The Hall–Kier alpha value is -1.12. The van der Waals surface area contributed by atoms with Gasteiger partial charge in [0.25, 0.3) is 10.0 Å². The molecule has 0 aliphatic carbocycles. The maximum atomic E-state index is 11.8. The summed E-state index contributed by atoms with van der Waals surface area (Å²) >= 11 is 0. The van der Waals surface area contributed by atoms with Crippen LogP contribution in [0.5, 0.6) is 0 Å². The third-order valence-electron chi connectivity index (χ3n) is 1.80. The van der Waals surface area contributed by atoms with Gasteiger partial charge >= 0.3 is 0 Å². The van der Waals surface area contributed by atoms with E-state index in [4.69, 9.17) is 5.73 Å². The number of anilines is 1. The summed E-state index contributed by atoms with van der Waals surface area (Å²) in [5.41, 5.74) is 5.56. The van der Waals surface area contributed by atoms with Gasteiger partial charge in [-0.05, 0) is 6.42 Å². The Labute approximate surface area is 95.2 Å². The zero-order chi connectivity index (χ0) is 12.3. The van der Waals surface area contributed by atoms with Gasteiger partial charge in [-0.2, -0.15) is 5.10 Å². The number of aromatic nitrogens is 2. The van der Waals surface area contributed by atoms with E-state index in [0.717, 1.165) is 6.42 Å². The van der Waals surface area contributed by atoms with Gasteiger partial charge in [-0.15, -0.1) is 4.83 Å². The van der Waals surface area contributed by atoms with Crippen LogP contribution in [-0.4, -0.2) is 37.3 Å². The molecule has 0 aromatic carbocycles. The zero-order valence-electron chi connectivity index (χ0n) is 9.64. The van der Waals surface area contributed by atoms with Crippen molar-refractivity contribution in [1.29, 1.82) is 0 Å². The molecular weight excluding hydrogens is 230 g/mol. The predicted molar refractivity (Wildman–Crippen MR) is 60.9 cm³/mol. The first-order chi connectivity index (χ1) is 7.36. The van der Waals surface area contributed by atoms with Crippen molar-refractivity contribution in [3.05, 3.63) is 6.20 Å². The van der Waals surface area contributed by atoms with Crippen molar-refractivity contribution in [2.45, 2.75) is 24.8 Å². The fraction of sp³-hybridized carbons (Fsp3) is 0.625. The molecule has 1 heterocycles. The van der Waals surface area contributed by atoms with E-state index in [0.29, 0.717) is 6.54 Å². The normalized spacial score (nSPS) is 12.2. The summed E-state index contributed by atoms with van der Waals surface area (Å²) in [5.74, 6) is 0.0165. The smallest absolute Gasteiger partial charge is 0.258 e. The molecule has 16 heavy (non-hydrogen) atoms. The molecule has 7 nitrogen and oxygen atoms in total. The van der Waals surface area contributed by atoms with Crippen LogP contribution in [0.1, 0.15) is 13.3 Å². The lowest BCUT2D eigenvalue weighted by Crippen LogP contribution is -2.36. The molecule has 0 saturated heterocycles. The van der Waals surface area contributed by atoms with Gasteiger partial charge in [-0.25, -0.2) is 13.4 Å². The average molecular weight is 247 g/mol. The molecule has 0 aliphatic heterocycles. The van der Waals surface area contributed by atoms with Crippen LogP contribution >= 0.6 is 0 Å². The molecule has 8 heteroatoms. The molecule has 3 N–H and O–H groups in total. The van der Waals surface area contributed by atoms with Crippen LogP contribution in [0.3, 0.4) is 0 Å². The standard InChI is InChI=1S/C8H17N5O2S/c1-4-5-13-6-7(8(9)10-13)16(14,15)11-12(2)3/h6,11H,4-5H2,1-3H3,(H2,9,10). The van der Waals surface area contributed by atoms with Gasteiger partial charge in [-0.1, -0.05) is 6.92 Å². The summed E-state index contributed by atoms with van der Waals surface area (Å²) in [5, 5.41) is 5.27. The Morgan fingerprint density at radius 2 is 2.19 bits per heavy atom. The highest BCUT2D eigenvalue weighted by Gasteiger charge is 2.21. The predicted octanol–water partition coefficient (Wildman–Crippen LogP) is -0.370. The molecule has 0 spiro atoms. The second-order valence-corrected chi connectivity index (χ2v) is 5.26. The minimum absolute atomic E-state index is 0.00894. The molecule has 0 saturated carbocycles. The largest absolute Gasteiger partial charge is 0.381 e. The van der Waals surface area contributed by atoms with Crippen molar-refractivity contribution < 1.29 is 8.42 Å². The summed E-state index contributed by atoms with van der Waals surface area (Å²) in [7, 11) is -0.445. The monoisotopic (exact) mass is 247 g/mol. The summed E-state index contributed by atoms with van der Waals surface area (Å²) < 4.78 is 25.1. The van der Waals surface area contributed by atoms with E-state index in [-0.39, 0.29) is 10.7 Å². The maximum Gasteiger partial charge on any atom is 0.258 e. The van der Waals surface area contributed by atoms with Crippen LogP contribution in [0, 0.1) is 0 Å². The fourth-order valence-electron chi connectivity index (χ4n) is 1.26. The van der Waals surface area contributed by atoms with Crippen LogP contribution in [0.25, 0.3) is 0 Å². The summed E-state index contributed by atoms with van der Waals surface area (Å²) in [6, 6.07) is 0. The number of nitrogen functional groups attached to an aromatic ring is 1. The Kier molecular flexibility index (Phi) is 3.89. The Balaban J connectivity index is 3.03. The van der Waals surface area contributed by atoms with Crippen LogP contribution in [0.4, 0.5) is 5.82 Å². The minimum atomic E-state index is -3.62. The molecule has 0 fully saturated rings. The molecule has 0 unspecified atom stereocenters. The molecule has 0 radical (unpaired) electrons. The molecule has 1 rings (SSSR count). The molecule has 0 amide bonds. The van der Waals surface area contributed by atoms with E-state index < -0.39 is 10.0 Å². The van der Waals surface area contributed by atoms with Gasteiger partial charge in [0, 0.05) is 26.8 Å². The third kappa shape index (κ3) is 2.94. The number of nitrogens with one attached hydrogen (secondary N) is 1. The SMILES string of the molecule is CCCn1cc(S(=O)(=O)NN(C)C)c(N)n1. The van der Waals surface area contributed by atoms with E-state index >= 15 is 0 Å². The molecule has 1 aromatic rings. The fourth-order valence-corrected chi connectivity index (χ4v) is 2.41. The zero-order valence-corrected chi connectivity index (χ0v) is 10.5. The number of hydrogen-bond donors (Lipinski definition) is 2. The second-order valence-electron chi connectivity index (χ2n) is 3.63.